The number of hydrogen-bond acceptors (Lipinski definition) is 3. The molecule has 0 radical (unpaired) electrons. The lowest BCUT2D eigenvalue weighted by molar-refractivity contribution is 0.942. The number of anilines is 1. The van der Waals surface area contributed by atoms with Crippen LogP contribution >= 0.6 is 0 Å². The highest BCUT2D eigenvalue weighted by Gasteiger charge is 1.99. The number of aryl methyl sites for hydroxylation is 1. The second-order valence-corrected chi connectivity index (χ2v) is 3.60. The number of nitrogen functional groups attached to an aromatic ring is 1. The topological polar surface area (TPSA) is 56.2 Å². The van der Waals surface area contributed by atoms with Gasteiger partial charge in [0.2, 0.25) is 0 Å². The Morgan fingerprint density at radius 2 is 1.43 bits per heavy atom. The highest BCUT2D eigenvalue weighted by atomic mass is 15.2. The highest BCUT2D eigenvalue weighted by molar-refractivity contribution is 5.49. The molecule has 0 saturated carbocycles. The summed E-state index contributed by atoms with van der Waals surface area (Å²) in [6.45, 7) is 9.95. The summed E-state index contributed by atoms with van der Waals surface area (Å²) in [7, 11) is 0. The Bertz CT molecular complexity index is 567. The van der Waals surface area contributed by atoms with Gasteiger partial charge >= 0.3 is 0 Å². The van der Waals surface area contributed by atoms with Crippen molar-refractivity contribution in [2.45, 2.75) is 34.6 Å². The smallest absolute Gasteiger partial charge is 0.160 e. The third kappa shape index (κ3) is 6.56. The second-order valence-electron chi connectivity index (χ2n) is 3.60. The standard InChI is InChI=1S/C7H8N4.C6H6.2C2H6.H2/c1-5-4-9-11-3-2-6(8)10-7(5)11;1-2-4-6-5-3-1;2*1-2;/h2-4H,1H3,(H2,8,10);1-6H;2*1-2H3;1H/i;;;;1+1. The molecule has 0 aliphatic carbocycles. The first-order valence-electron chi connectivity index (χ1n) is 7.34. The number of hydrogen-bond donors (Lipinski definition) is 1. The number of fused-ring (bicyclic) bond motifs is 1. The van der Waals surface area contributed by atoms with E-state index < -0.39 is 0 Å². The van der Waals surface area contributed by atoms with Gasteiger partial charge in [-0.3, -0.25) is 0 Å². The van der Waals surface area contributed by atoms with E-state index in [4.69, 9.17) is 5.73 Å². The van der Waals surface area contributed by atoms with E-state index in [0.717, 1.165) is 11.2 Å². The molecule has 0 bridgehead atoms. The van der Waals surface area contributed by atoms with Crippen LogP contribution in [-0.2, 0) is 0 Å². The van der Waals surface area contributed by atoms with Gasteiger partial charge in [-0.05, 0) is 13.0 Å². The van der Waals surface area contributed by atoms with Crippen LogP contribution in [-0.4, -0.2) is 14.6 Å². The van der Waals surface area contributed by atoms with Crippen molar-refractivity contribution in [2.75, 3.05) is 5.73 Å². The van der Waals surface area contributed by atoms with Crippen molar-refractivity contribution in [1.82, 2.24) is 14.6 Å². The molecule has 0 unspecified atom stereocenters. The lowest BCUT2D eigenvalue weighted by Crippen LogP contribution is -1.94. The number of aromatic nitrogens is 3. The summed E-state index contributed by atoms with van der Waals surface area (Å²) >= 11 is 0. The average molecular weight is 289 g/mol. The quantitative estimate of drug-likeness (QED) is 0.657. The number of nitrogens with zero attached hydrogens (tertiary/aromatic N) is 3. The molecule has 0 fully saturated rings. The van der Waals surface area contributed by atoms with E-state index in [2.05, 4.69) is 10.1 Å². The van der Waals surface area contributed by atoms with Gasteiger partial charge in [0.1, 0.15) is 5.82 Å². The van der Waals surface area contributed by atoms with Gasteiger partial charge in [-0.1, -0.05) is 64.1 Å². The van der Waals surface area contributed by atoms with Crippen LogP contribution in [0.3, 0.4) is 0 Å². The maximum Gasteiger partial charge on any atom is 0.160 e. The second kappa shape index (κ2) is 11.5. The first-order valence-corrected chi connectivity index (χ1v) is 7.34. The molecule has 4 heteroatoms. The van der Waals surface area contributed by atoms with Gasteiger partial charge < -0.3 is 5.73 Å². The monoisotopic (exact) mass is 289 g/mol. The summed E-state index contributed by atoms with van der Waals surface area (Å²) in [6, 6.07) is 13.7. The Hall–Kier alpha value is -2.36. The van der Waals surface area contributed by atoms with Gasteiger partial charge in [0.05, 0.1) is 6.20 Å². The lowest BCUT2D eigenvalue weighted by Gasteiger charge is -1.93. The first-order chi connectivity index (χ1) is 10.3. The molecule has 3 rings (SSSR count). The van der Waals surface area contributed by atoms with E-state index in [1.807, 2.05) is 71.0 Å². The fourth-order valence-electron chi connectivity index (χ4n) is 1.38. The number of benzene rings is 1. The largest absolute Gasteiger partial charge is 0.384 e. The van der Waals surface area contributed by atoms with E-state index in [9.17, 15) is 0 Å². The third-order valence-corrected chi connectivity index (χ3v) is 2.23. The van der Waals surface area contributed by atoms with E-state index in [-0.39, 0.29) is 1.43 Å². The summed E-state index contributed by atoms with van der Waals surface area (Å²) < 4.78 is 1.70. The molecular weight excluding hydrogens is 260 g/mol. The number of nitrogens with two attached hydrogens (primary N) is 1. The first kappa shape index (κ1) is 18.6. The Morgan fingerprint density at radius 1 is 0.952 bits per heavy atom. The SMILES string of the molecule is CC.CC.Cc1cnn2ccc(N)nc12.[2HH].c1ccccc1. The Kier molecular flexibility index (Phi) is 10.2. The molecule has 2 heterocycles. The summed E-state index contributed by atoms with van der Waals surface area (Å²) in [5.41, 5.74) is 7.36. The summed E-state index contributed by atoms with van der Waals surface area (Å²) in [5, 5.41) is 4.06. The minimum absolute atomic E-state index is 0. The van der Waals surface area contributed by atoms with E-state index in [1.165, 1.54) is 0 Å². The molecule has 0 aliphatic rings. The molecule has 0 amide bonds. The van der Waals surface area contributed by atoms with Crippen LogP contribution in [0, 0.1) is 6.92 Å². The van der Waals surface area contributed by atoms with Gasteiger partial charge in [-0.25, -0.2) is 9.50 Å². The summed E-state index contributed by atoms with van der Waals surface area (Å²) in [4.78, 5) is 4.11. The molecule has 1 aromatic carbocycles. The predicted octanol–water partition coefficient (Wildman–Crippen LogP) is 4.60. The zero-order valence-corrected chi connectivity index (χ0v) is 13.6. The summed E-state index contributed by atoms with van der Waals surface area (Å²) in [6.07, 6.45) is 3.56. The fourth-order valence-corrected chi connectivity index (χ4v) is 1.38. The van der Waals surface area contributed by atoms with E-state index in [1.54, 1.807) is 23.0 Å². The maximum absolute atomic E-state index is 5.50. The lowest BCUT2D eigenvalue weighted by atomic mass is 10.4. The van der Waals surface area contributed by atoms with Gasteiger partial charge in [-0.2, -0.15) is 5.10 Å². The highest BCUT2D eigenvalue weighted by Crippen LogP contribution is 2.06. The minimum atomic E-state index is 0. The van der Waals surface area contributed by atoms with Gasteiger partial charge in [0, 0.05) is 13.2 Å². The molecule has 4 nitrogen and oxygen atoms in total. The Labute approximate surface area is 129 Å². The molecule has 116 valence electrons. The molecule has 21 heavy (non-hydrogen) atoms. The molecule has 0 aliphatic heterocycles. The normalized spacial score (nSPS) is 8.43. The fraction of sp³-hybridized carbons (Fsp3) is 0.294. The zero-order valence-electron chi connectivity index (χ0n) is 13.6. The van der Waals surface area contributed by atoms with Crippen LogP contribution in [0.1, 0.15) is 34.7 Å². The van der Waals surface area contributed by atoms with Crippen molar-refractivity contribution >= 4 is 11.5 Å². The molecule has 2 aromatic heterocycles. The van der Waals surface area contributed by atoms with Crippen LogP contribution in [0.25, 0.3) is 5.65 Å². The van der Waals surface area contributed by atoms with Crippen LogP contribution in [0.2, 0.25) is 0 Å². The molecular formula is C17H28N4. The molecule has 3 aromatic rings. The van der Waals surface area contributed by atoms with Crippen LogP contribution in [0.4, 0.5) is 5.82 Å². The number of rotatable bonds is 0. The van der Waals surface area contributed by atoms with Gasteiger partial charge in [0.25, 0.3) is 0 Å². The van der Waals surface area contributed by atoms with Crippen LogP contribution in [0.5, 0.6) is 0 Å². The third-order valence-electron chi connectivity index (χ3n) is 2.23. The van der Waals surface area contributed by atoms with Crippen molar-refractivity contribution in [1.29, 1.82) is 0 Å². The molecule has 0 saturated heterocycles. The van der Waals surface area contributed by atoms with E-state index >= 15 is 0 Å². The van der Waals surface area contributed by atoms with Crippen molar-refractivity contribution < 1.29 is 1.43 Å². The van der Waals surface area contributed by atoms with E-state index in [0.29, 0.717) is 5.82 Å². The Balaban J connectivity index is 0. The van der Waals surface area contributed by atoms with Crippen molar-refractivity contribution in [2.24, 2.45) is 0 Å². The van der Waals surface area contributed by atoms with Crippen molar-refractivity contribution in [3.63, 3.8) is 0 Å². The molecule has 0 spiro atoms. The van der Waals surface area contributed by atoms with Gasteiger partial charge in [0.15, 0.2) is 5.65 Å². The maximum atomic E-state index is 5.50. The minimum Gasteiger partial charge on any atom is -0.384 e. The Morgan fingerprint density at radius 3 is 1.90 bits per heavy atom. The average Bonchev–Trinajstić information content (AvgIpc) is 2.94. The van der Waals surface area contributed by atoms with Crippen molar-refractivity contribution in [3.8, 4) is 0 Å². The molecule has 2 N–H and O–H groups in total. The zero-order chi connectivity index (χ0) is 16.1. The van der Waals surface area contributed by atoms with Crippen molar-refractivity contribution in [3.05, 3.63) is 60.4 Å². The van der Waals surface area contributed by atoms with Crippen LogP contribution in [0.15, 0.2) is 54.9 Å². The van der Waals surface area contributed by atoms with Gasteiger partial charge in [-0.15, -0.1) is 0 Å². The molecule has 0 atom stereocenters. The predicted molar refractivity (Wildman–Crippen MR) is 93.4 cm³/mol. The summed E-state index contributed by atoms with van der Waals surface area (Å²) in [5.74, 6) is 0.529. The van der Waals surface area contributed by atoms with Crippen LogP contribution < -0.4 is 5.73 Å².